The zero-order chi connectivity index (χ0) is 24.0. The van der Waals surface area contributed by atoms with E-state index in [1.807, 2.05) is 42.5 Å². The van der Waals surface area contributed by atoms with Crippen LogP contribution in [0, 0.1) is 6.92 Å². The second kappa shape index (κ2) is 6.80. The minimum atomic E-state index is 0.0608. The van der Waals surface area contributed by atoms with Crippen molar-refractivity contribution in [3.8, 4) is 28.7 Å². The number of aromatic nitrogens is 1. The Bertz CT molecular complexity index is 1760. The summed E-state index contributed by atoms with van der Waals surface area (Å²) in [6, 6.07) is 33.7. The second-order valence-corrected chi connectivity index (χ2v) is 9.37. The van der Waals surface area contributed by atoms with Crippen LogP contribution in [-0.4, -0.2) is 11.3 Å². The van der Waals surface area contributed by atoms with Gasteiger partial charge in [0.05, 0.1) is 18.1 Å². The zero-order valence-corrected chi connectivity index (χ0v) is 19.1. The summed E-state index contributed by atoms with van der Waals surface area (Å²) in [4.78, 5) is 0. The van der Waals surface area contributed by atoms with E-state index in [0.29, 0.717) is 6.04 Å². The largest absolute Gasteiger partial charge is 0.458 e. The Labute approximate surface area is 204 Å². The van der Waals surface area contributed by atoms with E-state index < -0.39 is 0 Å². The Morgan fingerprint density at radius 1 is 0.657 bits per heavy atom. The highest BCUT2D eigenvalue weighted by Gasteiger charge is 2.40. The minimum Gasteiger partial charge on any atom is -0.458 e. The summed E-state index contributed by atoms with van der Waals surface area (Å²) in [5.74, 6) is 3.40. The van der Waals surface area contributed by atoms with Gasteiger partial charge in [-0.05, 0) is 48.2 Å². The van der Waals surface area contributed by atoms with Crippen LogP contribution in [0.2, 0.25) is 0 Å². The Kier molecular flexibility index (Phi) is 3.49. The first-order valence-electron chi connectivity index (χ1n) is 12.4. The van der Waals surface area contributed by atoms with Gasteiger partial charge in [-0.25, -0.2) is 0 Å². The Morgan fingerprint density at radius 2 is 1.31 bits per heavy atom. The number of hydrogen-bond acceptors (Lipinski definition) is 2. The van der Waals surface area contributed by atoms with E-state index in [2.05, 4.69) is 66.1 Å². The zero-order valence-electron chi connectivity index (χ0n) is 20.1. The molecular formula is C31H20BNO2. The van der Waals surface area contributed by atoms with Crippen LogP contribution in [0.4, 0.5) is 0 Å². The fourth-order valence-corrected chi connectivity index (χ4v) is 5.81. The van der Waals surface area contributed by atoms with Crippen molar-refractivity contribution in [1.29, 1.82) is 0 Å². The summed E-state index contributed by atoms with van der Waals surface area (Å²) in [7, 11) is 0. The molecule has 3 heterocycles. The molecule has 0 N–H and O–H groups in total. The van der Waals surface area contributed by atoms with Gasteiger partial charge in [0.25, 0.3) is 6.71 Å². The maximum atomic E-state index is 8.23. The molecule has 0 radical (unpaired) electrons. The van der Waals surface area contributed by atoms with E-state index >= 15 is 0 Å². The molecule has 1 aromatic heterocycles. The van der Waals surface area contributed by atoms with Crippen molar-refractivity contribution < 1.29 is 10.8 Å². The van der Waals surface area contributed by atoms with Gasteiger partial charge in [-0.1, -0.05) is 66.2 Å². The monoisotopic (exact) mass is 450 g/mol. The summed E-state index contributed by atoms with van der Waals surface area (Å²) < 4.78 is 23.5. The van der Waals surface area contributed by atoms with Crippen molar-refractivity contribution in [2.24, 2.45) is 0 Å². The van der Waals surface area contributed by atoms with E-state index in [1.54, 1.807) is 0 Å². The highest BCUT2D eigenvalue weighted by molar-refractivity contribution is 6.98. The van der Waals surface area contributed by atoms with Crippen LogP contribution in [0.5, 0.6) is 23.0 Å². The first-order valence-corrected chi connectivity index (χ1v) is 11.9. The minimum absolute atomic E-state index is 0.0608. The highest BCUT2D eigenvalue weighted by Crippen LogP contribution is 2.39. The first-order chi connectivity index (χ1) is 17.7. The number of aryl methyl sites for hydroxylation is 1. The fourth-order valence-electron chi connectivity index (χ4n) is 5.81. The van der Waals surface area contributed by atoms with Gasteiger partial charge in [0, 0.05) is 28.4 Å². The van der Waals surface area contributed by atoms with Crippen LogP contribution in [0.25, 0.3) is 27.5 Å². The van der Waals surface area contributed by atoms with E-state index in [-0.39, 0.29) is 6.71 Å². The Hall–Kier alpha value is -4.44. The molecule has 8 rings (SSSR count). The number of rotatable bonds is 1. The lowest BCUT2D eigenvalue weighted by Gasteiger charge is -2.33. The van der Waals surface area contributed by atoms with Crippen molar-refractivity contribution in [2.75, 3.05) is 0 Å². The van der Waals surface area contributed by atoms with Gasteiger partial charge in [0.2, 0.25) is 0 Å². The Morgan fingerprint density at radius 3 is 2.03 bits per heavy atom. The fraction of sp³-hybridized carbons (Fsp3) is 0.0323. The molecule has 0 saturated carbocycles. The molecule has 3 nitrogen and oxygen atoms in total. The van der Waals surface area contributed by atoms with Crippen molar-refractivity contribution in [3.05, 3.63) is 109 Å². The molecule has 2 aliphatic rings. The van der Waals surface area contributed by atoms with Crippen LogP contribution in [-0.2, 0) is 0 Å². The van der Waals surface area contributed by atoms with Crippen LogP contribution in [0.3, 0.4) is 0 Å². The van der Waals surface area contributed by atoms with E-state index in [1.165, 1.54) is 5.56 Å². The lowest BCUT2D eigenvalue weighted by molar-refractivity contribution is 0.464. The van der Waals surface area contributed by atoms with Crippen molar-refractivity contribution in [2.45, 2.75) is 6.92 Å². The third-order valence-electron chi connectivity index (χ3n) is 7.30. The molecule has 5 aromatic carbocycles. The highest BCUT2D eigenvalue weighted by atomic mass is 16.5. The number of benzene rings is 5. The second-order valence-electron chi connectivity index (χ2n) is 9.37. The molecule has 2 aliphatic heterocycles. The maximum absolute atomic E-state index is 8.23. The van der Waals surface area contributed by atoms with Gasteiger partial charge < -0.3 is 14.0 Å². The summed E-state index contributed by atoms with van der Waals surface area (Å²) >= 11 is 0. The quantitative estimate of drug-likeness (QED) is 0.294. The third-order valence-corrected chi connectivity index (χ3v) is 7.30. The van der Waals surface area contributed by atoms with Crippen molar-refractivity contribution in [3.63, 3.8) is 0 Å². The van der Waals surface area contributed by atoms with Crippen LogP contribution in [0.15, 0.2) is 103 Å². The van der Waals surface area contributed by atoms with Gasteiger partial charge in [-0.2, -0.15) is 0 Å². The van der Waals surface area contributed by atoms with Gasteiger partial charge in [-0.3, -0.25) is 0 Å². The maximum Gasteiger partial charge on any atom is 0.260 e. The number of nitrogens with zero attached hydrogens (tertiary/aromatic N) is 1. The average Bonchev–Trinajstić information content (AvgIpc) is 3.21. The lowest BCUT2D eigenvalue weighted by Crippen LogP contribution is -2.57. The molecule has 0 saturated heterocycles. The number of ether oxygens (including phenoxy) is 2. The van der Waals surface area contributed by atoms with Gasteiger partial charge in [-0.15, -0.1) is 0 Å². The number of hydrogen-bond donors (Lipinski definition) is 0. The topological polar surface area (TPSA) is 23.4 Å². The Balaban J connectivity index is 1.44. The van der Waals surface area contributed by atoms with Crippen molar-refractivity contribution >= 4 is 44.9 Å². The molecule has 0 unspecified atom stereocenters. The molecule has 0 aliphatic carbocycles. The molecular weight excluding hydrogens is 429 g/mol. The summed E-state index contributed by atoms with van der Waals surface area (Å²) in [6.45, 7) is 2.16. The third kappa shape index (κ3) is 2.57. The average molecular weight is 450 g/mol. The van der Waals surface area contributed by atoms with Crippen LogP contribution >= 0.6 is 0 Å². The molecule has 164 valence electrons. The lowest BCUT2D eigenvalue weighted by atomic mass is 9.35. The number of fused-ring (bicyclic) bond motifs is 7. The molecule has 6 aromatic rings. The van der Waals surface area contributed by atoms with Gasteiger partial charge in [0.1, 0.15) is 23.0 Å². The summed E-state index contributed by atoms with van der Waals surface area (Å²) in [5.41, 5.74) is 7.71. The van der Waals surface area contributed by atoms with E-state index in [9.17, 15) is 0 Å². The van der Waals surface area contributed by atoms with Crippen molar-refractivity contribution in [1.82, 2.24) is 4.57 Å². The van der Waals surface area contributed by atoms with Crippen LogP contribution in [0.1, 0.15) is 6.93 Å². The summed E-state index contributed by atoms with van der Waals surface area (Å²) in [5, 5.41) is 2.21. The standard InChI is InChI=1S/C31H20BNO2/c1-19-14-15-26-22(16-19)21-8-2-5-11-25(21)33(26)20-17-29-31-30(18-20)35-28-13-7-4-10-24(28)32(31)23-9-3-6-12-27(23)34-29/h2-18H,1H3/i2D. The van der Waals surface area contributed by atoms with E-state index in [0.717, 1.165) is 66.9 Å². The van der Waals surface area contributed by atoms with Crippen LogP contribution < -0.4 is 25.9 Å². The predicted octanol–water partition coefficient (Wildman–Crippen LogP) is 5.82. The van der Waals surface area contributed by atoms with Gasteiger partial charge >= 0.3 is 0 Å². The smallest absolute Gasteiger partial charge is 0.260 e. The van der Waals surface area contributed by atoms with Gasteiger partial charge in [0.15, 0.2) is 0 Å². The summed E-state index contributed by atoms with van der Waals surface area (Å²) in [6.07, 6.45) is 0. The normalized spacial score (nSPS) is 13.5. The SMILES string of the molecule is [2H]c1ccc2c(c1)c1cc(C)ccc1n2-c1cc2c3c(c1)Oc1ccccc1B3c1ccccc1O2. The molecule has 0 atom stereocenters. The molecule has 0 spiro atoms. The molecule has 0 bridgehead atoms. The molecule has 0 fully saturated rings. The molecule has 4 heteroatoms. The van der Waals surface area contributed by atoms with E-state index in [4.69, 9.17) is 10.8 Å². The predicted molar refractivity (Wildman–Crippen MR) is 143 cm³/mol. The first kappa shape index (κ1) is 18.0. The number of para-hydroxylation sites is 3. The molecule has 35 heavy (non-hydrogen) atoms. The molecule has 0 amide bonds.